The molecule has 1 N–H and O–H groups in total. The van der Waals surface area contributed by atoms with Gasteiger partial charge >= 0.3 is 0 Å². The van der Waals surface area contributed by atoms with E-state index in [4.69, 9.17) is 14.5 Å². The van der Waals surface area contributed by atoms with Crippen LogP contribution in [0.4, 0.5) is 5.82 Å². The quantitative estimate of drug-likeness (QED) is 0.587. The van der Waals surface area contributed by atoms with Gasteiger partial charge in [-0.05, 0) is 49.7 Å². The maximum Gasteiger partial charge on any atom is 0.264 e. The van der Waals surface area contributed by atoms with Crippen LogP contribution in [0.1, 0.15) is 43.6 Å². The van der Waals surface area contributed by atoms with Crippen molar-refractivity contribution < 1.29 is 9.47 Å². The Morgan fingerprint density at radius 2 is 1.75 bits per heavy atom. The van der Waals surface area contributed by atoms with Crippen molar-refractivity contribution in [3.8, 4) is 11.3 Å². The van der Waals surface area contributed by atoms with Crippen molar-refractivity contribution in [3.63, 3.8) is 0 Å². The number of pyridine rings is 1. The molecule has 3 fully saturated rings. The fourth-order valence-electron chi connectivity index (χ4n) is 5.96. The Morgan fingerprint density at radius 1 is 0.972 bits per heavy atom. The first-order valence-corrected chi connectivity index (χ1v) is 13.3. The van der Waals surface area contributed by atoms with Gasteiger partial charge in [-0.3, -0.25) is 9.69 Å². The first-order valence-electron chi connectivity index (χ1n) is 13.3. The van der Waals surface area contributed by atoms with Gasteiger partial charge in [-0.25, -0.2) is 9.97 Å². The molecule has 8 heteroatoms. The van der Waals surface area contributed by atoms with E-state index in [2.05, 4.69) is 39.5 Å². The van der Waals surface area contributed by atoms with Crippen LogP contribution in [0.3, 0.4) is 0 Å². The van der Waals surface area contributed by atoms with Crippen molar-refractivity contribution in [2.24, 2.45) is 7.05 Å². The van der Waals surface area contributed by atoms with E-state index >= 15 is 0 Å². The number of nitrogens with zero attached hydrogens (tertiary/aromatic N) is 4. The molecule has 2 aromatic heterocycles. The van der Waals surface area contributed by atoms with Gasteiger partial charge in [0.05, 0.1) is 43.4 Å². The summed E-state index contributed by atoms with van der Waals surface area (Å²) in [5.41, 5.74) is 3.84. The molecule has 2 aliphatic heterocycles. The van der Waals surface area contributed by atoms with Gasteiger partial charge in [-0.15, -0.1) is 0 Å². The minimum atomic E-state index is -0.0940. The summed E-state index contributed by atoms with van der Waals surface area (Å²) >= 11 is 0. The van der Waals surface area contributed by atoms with Gasteiger partial charge < -0.3 is 19.4 Å². The molecule has 0 bridgehead atoms. The molecule has 0 spiro atoms. The second-order valence-electron chi connectivity index (χ2n) is 10.4. The van der Waals surface area contributed by atoms with E-state index in [1.165, 1.54) is 35.8 Å². The molecular weight excluding hydrogens is 454 g/mol. The van der Waals surface area contributed by atoms with Crippen LogP contribution in [0, 0.1) is 0 Å². The zero-order valence-electron chi connectivity index (χ0n) is 21.0. The number of aryl methyl sites for hydroxylation is 1. The Kier molecular flexibility index (Phi) is 6.73. The molecule has 4 heterocycles. The molecule has 1 atom stereocenters. The van der Waals surface area contributed by atoms with E-state index < -0.39 is 0 Å². The first kappa shape index (κ1) is 23.6. The van der Waals surface area contributed by atoms with E-state index in [1.807, 2.05) is 6.07 Å². The number of benzene rings is 1. The molecule has 2 saturated heterocycles. The molecule has 6 rings (SSSR count). The lowest BCUT2D eigenvalue weighted by Crippen LogP contribution is -2.44. The largest absolute Gasteiger partial charge is 0.379 e. The Hall–Kier alpha value is -2.81. The molecule has 0 unspecified atom stereocenters. The van der Waals surface area contributed by atoms with Crippen LogP contribution >= 0.6 is 0 Å². The number of ether oxygens (including phenoxy) is 2. The molecule has 190 valence electrons. The first-order chi connectivity index (χ1) is 17.7. The second kappa shape index (κ2) is 10.3. The highest BCUT2D eigenvalue weighted by Gasteiger charge is 2.27. The van der Waals surface area contributed by atoms with Crippen LogP contribution in [0.2, 0.25) is 0 Å². The van der Waals surface area contributed by atoms with E-state index in [0.717, 1.165) is 50.6 Å². The lowest BCUT2D eigenvalue weighted by molar-refractivity contribution is 0.00730. The number of aromatic nitrogens is 3. The Morgan fingerprint density at radius 3 is 2.47 bits per heavy atom. The fraction of sp³-hybridized carbons (Fsp3) is 0.536. The average Bonchev–Trinajstić information content (AvgIpc) is 3.44. The number of rotatable bonds is 5. The van der Waals surface area contributed by atoms with Gasteiger partial charge in [0, 0.05) is 38.3 Å². The number of morpholine rings is 1. The van der Waals surface area contributed by atoms with E-state index in [0.29, 0.717) is 35.3 Å². The number of anilines is 1. The van der Waals surface area contributed by atoms with Crippen molar-refractivity contribution in [1.29, 1.82) is 0 Å². The minimum absolute atomic E-state index is 0.0940. The number of hydrogen-bond acceptors (Lipinski definition) is 7. The van der Waals surface area contributed by atoms with Crippen LogP contribution in [0.25, 0.3) is 22.2 Å². The summed E-state index contributed by atoms with van der Waals surface area (Å²) in [5.74, 6) is 1.21. The lowest BCUT2D eigenvalue weighted by Gasteiger charge is -2.38. The number of hydrogen-bond donors (Lipinski definition) is 1. The van der Waals surface area contributed by atoms with Crippen LogP contribution in [0.15, 0.2) is 41.5 Å². The van der Waals surface area contributed by atoms with E-state index in [-0.39, 0.29) is 11.6 Å². The summed E-state index contributed by atoms with van der Waals surface area (Å²) in [7, 11) is 1.72. The minimum Gasteiger partial charge on any atom is -0.379 e. The summed E-state index contributed by atoms with van der Waals surface area (Å²) in [5, 5.41) is 3.99. The van der Waals surface area contributed by atoms with Crippen molar-refractivity contribution >= 4 is 16.7 Å². The summed E-state index contributed by atoms with van der Waals surface area (Å²) < 4.78 is 12.6. The molecule has 1 aromatic carbocycles. The molecule has 0 amide bonds. The van der Waals surface area contributed by atoms with Crippen molar-refractivity contribution in [1.82, 2.24) is 19.4 Å². The van der Waals surface area contributed by atoms with E-state index in [9.17, 15) is 4.79 Å². The van der Waals surface area contributed by atoms with Crippen LogP contribution in [0.5, 0.6) is 0 Å². The van der Waals surface area contributed by atoms with Crippen LogP contribution < -0.4 is 10.9 Å². The number of fused-ring (bicyclic) bond motifs is 1. The van der Waals surface area contributed by atoms with Gasteiger partial charge in [0.15, 0.2) is 0 Å². The maximum absolute atomic E-state index is 12.9. The molecular formula is C28H35N5O3. The fourth-order valence-corrected chi connectivity index (χ4v) is 5.96. The normalized spacial score (nSPS) is 25.3. The van der Waals surface area contributed by atoms with Crippen molar-refractivity contribution in [2.45, 2.75) is 50.1 Å². The summed E-state index contributed by atoms with van der Waals surface area (Å²) in [6.07, 6.45) is 7.47. The van der Waals surface area contributed by atoms with Gasteiger partial charge in [0.2, 0.25) is 0 Å². The predicted molar refractivity (Wildman–Crippen MR) is 140 cm³/mol. The zero-order chi connectivity index (χ0) is 24.5. The highest BCUT2D eigenvalue weighted by molar-refractivity contribution is 5.91. The van der Waals surface area contributed by atoms with Crippen molar-refractivity contribution in [2.75, 3.05) is 44.8 Å². The Bertz CT molecular complexity index is 1250. The summed E-state index contributed by atoms with van der Waals surface area (Å²) in [6.45, 7) is 5.25. The smallest absolute Gasteiger partial charge is 0.264 e. The molecule has 0 radical (unpaired) electrons. The zero-order valence-corrected chi connectivity index (χ0v) is 21.0. The van der Waals surface area contributed by atoms with Gasteiger partial charge in [0.25, 0.3) is 5.56 Å². The van der Waals surface area contributed by atoms with Crippen molar-refractivity contribution in [3.05, 3.63) is 52.6 Å². The summed E-state index contributed by atoms with van der Waals surface area (Å²) in [6, 6.07) is 11.6. The lowest BCUT2D eigenvalue weighted by atomic mass is 9.81. The third-order valence-corrected chi connectivity index (χ3v) is 8.11. The Balaban J connectivity index is 1.22. The van der Waals surface area contributed by atoms with Crippen LogP contribution in [-0.4, -0.2) is 71.0 Å². The molecule has 3 aliphatic rings. The number of nitrogens with one attached hydrogen (secondary N) is 1. The van der Waals surface area contributed by atoms with Gasteiger partial charge in [0.1, 0.15) is 11.2 Å². The predicted octanol–water partition coefficient (Wildman–Crippen LogP) is 3.55. The van der Waals surface area contributed by atoms with Crippen LogP contribution in [-0.2, 0) is 16.5 Å². The Labute approximate surface area is 211 Å². The average molecular weight is 490 g/mol. The topological polar surface area (TPSA) is 81.5 Å². The molecule has 1 saturated carbocycles. The van der Waals surface area contributed by atoms with Gasteiger partial charge in [-0.1, -0.05) is 24.3 Å². The van der Waals surface area contributed by atoms with Gasteiger partial charge in [-0.2, -0.15) is 0 Å². The van der Waals surface area contributed by atoms with E-state index in [1.54, 1.807) is 13.4 Å². The third kappa shape index (κ3) is 4.77. The molecule has 36 heavy (non-hydrogen) atoms. The second-order valence-corrected chi connectivity index (χ2v) is 10.4. The maximum atomic E-state index is 12.9. The summed E-state index contributed by atoms with van der Waals surface area (Å²) in [4.78, 5) is 25.0. The monoisotopic (exact) mass is 489 g/mol. The SMILES string of the molecule is Cn1cnc2cc(-c3ccc(C4CCC(N5CCOCC5)CC4)cc3)nc(N[C@@H]3CCOC3)c2c1=O. The highest BCUT2D eigenvalue weighted by atomic mass is 16.5. The third-order valence-electron chi connectivity index (χ3n) is 8.11. The standard InChI is InChI=1S/C28H35N5O3/c1-32-18-29-25-16-24(31-27(26(25)28(32)34)30-22-10-13-36-17-22)21-4-2-19(3-5-21)20-6-8-23(9-7-20)33-11-14-35-15-12-33/h2-5,16,18,20,22-23H,6-15,17H2,1H3,(H,30,31)/t20?,22-,23?/m1/s1. The molecule has 8 nitrogen and oxygen atoms in total. The highest BCUT2D eigenvalue weighted by Crippen LogP contribution is 2.36. The molecule has 3 aromatic rings. The molecule has 1 aliphatic carbocycles.